The Morgan fingerprint density at radius 3 is 2.65 bits per heavy atom. The monoisotopic (exact) mass is 493 g/mol. The maximum absolute atomic E-state index is 14.1. The minimum Gasteiger partial charge on any atom is -0.444 e. The Hall–Kier alpha value is -2.42. The van der Waals surface area contributed by atoms with Gasteiger partial charge in [0.05, 0.1) is 5.69 Å². The van der Waals surface area contributed by atoms with Crippen molar-refractivity contribution in [3.05, 3.63) is 40.9 Å². The molecule has 7 nitrogen and oxygen atoms in total. The molecule has 0 saturated carbocycles. The van der Waals surface area contributed by atoms with Crippen molar-refractivity contribution in [2.45, 2.75) is 39.2 Å². The summed E-state index contributed by atoms with van der Waals surface area (Å²) in [5.41, 5.74) is -0.128. The number of halogens is 2. The summed E-state index contributed by atoms with van der Waals surface area (Å²) in [6, 6.07) is 6.63. The summed E-state index contributed by atoms with van der Waals surface area (Å²) in [7, 11) is 1.98. The van der Waals surface area contributed by atoms with Crippen LogP contribution in [0, 0.1) is 11.7 Å². The summed E-state index contributed by atoms with van der Waals surface area (Å²) >= 11 is 3.25. The molecule has 1 fully saturated rings. The third-order valence-electron chi connectivity index (χ3n) is 5.04. The molecule has 0 bridgehead atoms. The van der Waals surface area contributed by atoms with Gasteiger partial charge >= 0.3 is 6.09 Å². The molecular formula is C22H29BrFN5O2. The molecule has 0 atom stereocenters. The van der Waals surface area contributed by atoms with Crippen LogP contribution in [0.25, 0.3) is 0 Å². The molecule has 31 heavy (non-hydrogen) atoms. The van der Waals surface area contributed by atoms with Crippen LogP contribution in [-0.4, -0.2) is 53.2 Å². The van der Waals surface area contributed by atoms with Crippen molar-refractivity contribution in [3.63, 3.8) is 0 Å². The van der Waals surface area contributed by atoms with Crippen molar-refractivity contribution in [2.75, 3.05) is 36.9 Å². The Morgan fingerprint density at radius 2 is 2.00 bits per heavy atom. The molecule has 1 N–H and O–H groups in total. The van der Waals surface area contributed by atoms with Gasteiger partial charge in [-0.2, -0.15) is 0 Å². The molecule has 9 heteroatoms. The van der Waals surface area contributed by atoms with Gasteiger partial charge in [-0.05, 0) is 57.7 Å². The first-order valence-corrected chi connectivity index (χ1v) is 11.1. The highest BCUT2D eigenvalue weighted by molar-refractivity contribution is 9.10. The summed E-state index contributed by atoms with van der Waals surface area (Å²) < 4.78 is 20.2. The van der Waals surface area contributed by atoms with Gasteiger partial charge in [0.25, 0.3) is 0 Å². The van der Waals surface area contributed by atoms with Crippen molar-refractivity contribution < 1.29 is 13.9 Å². The van der Waals surface area contributed by atoms with Crippen molar-refractivity contribution >= 4 is 39.3 Å². The molecule has 1 aromatic carbocycles. The largest absolute Gasteiger partial charge is 0.444 e. The number of ether oxygens (including phenoxy) is 1. The Kier molecular flexibility index (Phi) is 7.35. The van der Waals surface area contributed by atoms with Gasteiger partial charge in [-0.15, -0.1) is 0 Å². The minimum absolute atomic E-state index is 0.244. The summed E-state index contributed by atoms with van der Waals surface area (Å²) in [4.78, 5) is 24.6. The molecule has 3 rings (SSSR count). The van der Waals surface area contributed by atoms with Crippen LogP contribution in [0.4, 0.5) is 26.5 Å². The first-order chi connectivity index (χ1) is 14.6. The van der Waals surface area contributed by atoms with Crippen LogP contribution in [0.2, 0.25) is 0 Å². The molecule has 1 aliphatic heterocycles. The zero-order valence-electron chi connectivity index (χ0n) is 18.4. The van der Waals surface area contributed by atoms with E-state index >= 15 is 0 Å². The normalized spacial score (nSPS) is 15.0. The lowest BCUT2D eigenvalue weighted by atomic mass is 9.96. The standard InChI is InChI=1S/C22H29BrFN5O2/c1-22(2,3)31-21(30)29-9-7-15(8-10-29)13-28(4)20-12-19(25-14-26-20)27-18-6-5-16(23)11-17(18)24/h5-6,11-12,14-15H,7-10,13H2,1-4H3,(H,25,26,27). The van der Waals surface area contributed by atoms with Crippen LogP contribution >= 0.6 is 15.9 Å². The fourth-order valence-electron chi connectivity index (χ4n) is 3.46. The number of nitrogens with one attached hydrogen (secondary N) is 1. The molecule has 1 amide bonds. The molecule has 168 valence electrons. The zero-order chi connectivity index (χ0) is 22.6. The highest BCUT2D eigenvalue weighted by Crippen LogP contribution is 2.25. The average Bonchev–Trinajstić information content (AvgIpc) is 2.69. The molecule has 0 radical (unpaired) electrons. The van der Waals surface area contributed by atoms with Gasteiger partial charge < -0.3 is 19.9 Å². The lowest BCUT2D eigenvalue weighted by Crippen LogP contribution is -2.43. The van der Waals surface area contributed by atoms with E-state index in [1.807, 2.05) is 27.8 Å². The molecule has 0 spiro atoms. The highest BCUT2D eigenvalue weighted by Gasteiger charge is 2.27. The van der Waals surface area contributed by atoms with Crippen LogP contribution in [0.15, 0.2) is 35.1 Å². The van der Waals surface area contributed by atoms with Crippen LogP contribution < -0.4 is 10.2 Å². The molecule has 0 unspecified atom stereocenters. The Morgan fingerprint density at radius 1 is 1.29 bits per heavy atom. The van der Waals surface area contributed by atoms with Crippen molar-refractivity contribution in [3.8, 4) is 0 Å². The summed E-state index contributed by atoms with van der Waals surface area (Å²) in [6.07, 6.45) is 3.04. The summed E-state index contributed by atoms with van der Waals surface area (Å²) in [5, 5.41) is 3.00. The molecule has 0 aliphatic carbocycles. The number of hydrogen-bond acceptors (Lipinski definition) is 6. The van der Waals surface area contributed by atoms with E-state index < -0.39 is 5.60 Å². The van der Waals surface area contributed by atoms with Gasteiger partial charge in [-0.3, -0.25) is 0 Å². The smallest absolute Gasteiger partial charge is 0.410 e. The number of hydrogen-bond donors (Lipinski definition) is 1. The number of anilines is 3. The van der Waals surface area contributed by atoms with Gasteiger partial charge in [0.1, 0.15) is 29.4 Å². The number of piperidine rings is 1. The van der Waals surface area contributed by atoms with E-state index in [1.54, 1.807) is 23.1 Å². The summed E-state index contributed by atoms with van der Waals surface area (Å²) in [6.45, 7) is 7.82. The lowest BCUT2D eigenvalue weighted by Gasteiger charge is -2.35. The number of nitrogens with zero attached hydrogens (tertiary/aromatic N) is 4. The maximum Gasteiger partial charge on any atom is 0.410 e. The number of aromatic nitrogens is 2. The quantitative estimate of drug-likeness (QED) is 0.616. The van der Waals surface area contributed by atoms with Crippen LogP contribution in [0.5, 0.6) is 0 Å². The predicted molar refractivity (Wildman–Crippen MR) is 123 cm³/mol. The first kappa shape index (κ1) is 23.2. The van der Waals surface area contributed by atoms with Gasteiger partial charge in [0.15, 0.2) is 0 Å². The molecule has 1 aliphatic rings. The molecule has 2 aromatic rings. The van der Waals surface area contributed by atoms with E-state index in [1.165, 1.54) is 12.4 Å². The van der Waals surface area contributed by atoms with Crippen LogP contribution in [0.3, 0.4) is 0 Å². The number of rotatable bonds is 5. The van der Waals surface area contributed by atoms with Crippen molar-refractivity contribution in [1.82, 2.24) is 14.9 Å². The van der Waals surface area contributed by atoms with Crippen LogP contribution in [-0.2, 0) is 4.74 Å². The highest BCUT2D eigenvalue weighted by atomic mass is 79.9. The van der Waals surface area contributed by atoms with Crippen molar-refractivity contribution in [1.29, 1.82) is 0 Å². The number of carbonyl (C=O) groups is 1. The van der Waals surface area contributed by atoms with E-state index in [-0.39, 0.29) is 11.9 Å². The van der Waals surface area contributed by atoms with E-state index in [4.69, 9.17) is 4.74 Å². The fraction of sp³-hybridized carbons (Fsp3) is 0.500. The van der Waals surface area contributed by atoms with E-state index in [9.17, 15) is 9.18 Å². The van der Waals surface area contributed by atoms with Crippen LogP contribution in [0.1, 0.15) is 33.6 Å². The average molecular weight is 494 g/mol. The SMILES string of the molecule is CN(CC1CCN(C(=O)OC(C)(C)C)CC1)c1cc(Nc2ccc(Br)cc2F)ncn1. The number of amides is 1. The minimum atomic E-state index is -0.480. The van der Waals surface area contributed by atoms with E-state index in [0.717, 1.165) is 25.2 Å². The van der Waals surface area contributed by atoms with Gasteiger partial charge in [-0.1, -0.05) is 15.9 Å². The molecule has 1 aromatic heterocycles. The topological polar surface area (TPSA) is 70.6 Å². The number of likely N-dealkylation sites (tertiary alicyclic amines) is 1. The van der Waals surface area contributed by atoms with Crippen molar-refractivity contribution in [2.24, 2.45) is 5.92 Å². The second kappa shape index (κ2) is 9.80. The zero-order valence-corrected chi connectivity index (χ0v) is 19.9. The first-order valence-electron chi connectivity index (χ1n) is 10.3. The van der Waals surface area contributed by atoms with Gasteiger partial charge in [-0.25, -0.2) is 19.2 Å². The number of carbonyl (C=O) groups excluding carboxylic acids is 1. The van der Waals surface area contributed by atoms with Gasteiger partial charge in [0, 0.05) is 37.2 Å². The Balaban J connectivity index is 1.55. The third-order valence-corrected chi connectivity index (χ3v) is 5.53. The Labute approximate surface area is 191 Å². The molecule has 2 heterocycles. The van der Waals surface area contributed by atoms with E-state index in [2.05, 4.69) is 36.1 Å². The lowest BCUT2D eigenvalue weighted by molar-refractivity contribution is 0.0186. The fourth-order valence-corrected chi connectivity index (χ4v) is 3.79. The second-order valence-corrected chi connectivity index (χ2v) is 9.72. The summed E-state index contributed by atoms with van der Waals surface area (Å²) in [5.74, 6) is 1.36. The number of benzene rings is 1. The second-order valence-electron chi connectivity index (χ2n) is 8.80. The Bertz CT molecular complexity index is 913. The predicted octanol–water partition coefficient (Wildman–Crippen LogP) is 5.21. The molecule has 1 saturated heterocycles. The maximum atomic E-state index is 14.1. The third kappa shape index (κ3) is 6.78. The van der Waals surface area contributed by atoms with Gasteiger partial charge in [0.2, 0.25) is 0 Å². The van der Waals surface area contributed by atoms with E-state index in [0.29, 0.717) is 35.0 Å². The molecular weight excluding hydrogens is 465 g/mol.